The van der Waals surface area contributed by atoms with Crippen LogP contribution in [0.5, 0.6) is 0 Å². The van der Waals surface area contributed by atoms with E-state index in [2.05, 4.69) is 10.3 Å². The summed E-state index contributed by atoms with van der Waals surface area (Å²) in [4.78, 5) is 4.06. The highest BCUT2D eigenvalue weighted by atomic mass is 19.1. The number of pyridine rings is 1. The van der Waals surface area contributed by atoms with Crippen molar-refractivity contribution >= 4 is 0 Å². The molecule has 0 bridgehead atoms. The van der Waals surface area contributed by atoms with Crippen LogP contribution in [0, 0.1) is 5.82 Å². The Balaban J connectivity index is 1.76. The molecule has 0 aliphatic carbocycles. The lowest BCUT2D eigenvalue weighted by Crippen LogP contribution is -2.27. The molecule has 24 heavy (non-hydrogen) atoms. The Labute approximate surface area is 140 Å². The molecule has 0 radical (unpaired) electrons. The Morgan fingerprint density at radius 3 is 2.12 bits per heavy atom. The van der Waals surface area contributed by atoms with E-state index in [1.807, 2.05) is 42.5 Å². The van der Waals surface area contributed by atoms with Gasteiger partial charge in [0.1, 0.15) is 5.82 Å². The number of hydrogen-bond acceptors (Lipinski definition) is 3. The maximum Gasteiger partial charge on any atom is 0.123 e. The molecule has 1 aromatic heterocycles. The third-order valence-corrected chi connectivity index (χ3v) is 3.94. The van der Waals surface area contributed by atoms with Gasteiger partial charge in [0.15, 0.2) is 0 Å². The molecule has 4 heteroatoms. The summed E-state index contributed by atoms with van der Waals surface area (Å²) < 4.78 is 13.0. The van der Waals surface area contributed by atoms with Gasteiger partial charge in [-0.2, -0.15) is 0 Å². The molecule has 2 N–H and O–H groups in total. The van der Waals surface area contributed by atoms with E-state index < -0.39 is 6.10 Å². The van der Waals surface area contributed by atoms with Crippen molar-refractivity contribution in [2.45, 2.75) is 12.1 Å². The highest BCUT2D eigenvalue weighted by Crippen LogP contribution is 2.22. The fraction of sp³-hybridized carbons (Fsp3) is 0.150. The standard InChI is InChI=1S/C20H19FN2O/c21-18-8-6-15(7-9-18)19(24)14-23-20(16-4-2-1-3-5-16)17-10-12-22-13-11-17/h1-13,19-20,23-24H,14H2. The van der Waals surface area contributed by atoms with E-state index in [9.17, 15) is 9.50 Å². The predicted molar refractivity (Wildman–Crippen MR) is 91.9 cm³/mol. The molecule has 0 amide bonds. The first-order valence-electron chi connectivity index (χ1n) is 7.86. The minimum atomic E-state index is -0.710. The summed E-state index contributed by atoms with van der Waals surface area (Å²) in [6.07, 6.45) is 2.80. The van der Waals surface area contributed by atoms with E-state index in [-0.39, 0.29) is 11.9 Å². The molecule has 0 fully saturated rings. The molecule has 122 valence electrons. The highest BCUT2D eigenvalue weighted by molar-refractivity contribution is 5.30. The Morgan fingerprint density at radius 2 is 1.46 bits per heavy atom. The molecule has 0 saturated carbocycles. The van der Waals surface area contributed by atoms with Crippen LogP contribution in [0.2, 0.25) is 0 Å². The lowest BCUT2D eigenvalue weighted by Gasteiger charge is -2.22. The van der Waals surface area contributed by atoms with Gasteiger partial charge in [-0.15, -0.1) is 0 Å². The van der Waals surface area contributed by atoms with Gasteiger partial charge >= 0.3 is 0 Å². The van der Waals surface area contributed by atoms with Gasteiger partial charge in [-0.1, -0.05) is 42.5 Å². The second kappa shape index (κ2) is 7.81. The van der Waals surface area contributed by atoms with Crippen molar-refractivity contribution in [3.8, 4) is 0 Å². The van der Waals surface area contributed by atoms with Crippen molar-refractivity contribution in [2.24, 2.45) is 0 Å². The van der Waals surface area contributed by atoms with Crippen molar-refractivity contribution in [3.05, 3.63) is 102 Å². The molecule has 3 aromatic rings. The maximum atomic E-state index is 13.0. The van der Waals surface area contributed by atoms with Crippen LogP contribution in [0.1, 0.15) is 28.8 Å². The summed E-state index contributed by atoms with van der Waals surface area (Å²) >= 11 is 0. The van der Waals surface area contributed by atoms with E-state index in [0.717, 1.165) is 11.1 Å². The molecule has 2 atom stereocenters. The minimum Gasteiger partial charge on any atom is -0.387 e. The maximum absolute atomic E-state index is 13.0. The van der Waals surface area contributed by atoms with Crippen molar-refractivity contribution in [1.82, 2.24) is 10.3 Å². The summed E-state index contributed by atoms with van der Waals surface area (Å²) in [5, 5.41) is 13.8. The van der Waals surface area contributed by atoms with E-state index in [0.29, 0.717) is 12.1 Å². The fourth-order valence-corrected chi connectivity index (χ4v) is 2.66. The SMILES string of the molecule is OC(CNC(c1ccccc1)c1ccncc1)c1ccc(F)cc1. The molecule has 0 aliphatic rings. The van der Waals surface area contributed by atoms with Gasteiger partial charge in [-0.05, 0) is 41.0 Å². The quantitative estimate of drug-likeness (QED) is 0.728. The summed E-state index contributed by atoms with van der Waals surface area (Å²) in [6, 6.07) is 19.8. The monoisotopic (exact) mass is 322 g/mol. The van der Waals surface area contributed by atoms with Crippen LogP contribution in [-0.4, -0.2) is 16.6 Å². The topological polar surface area (TPSA) is 45.1 Å². The fourth-order valence-electron chi connectivity index (χ4n) is 2.66. The molecule has 1 heterocycles. The third kappa shape index (κ3) is 4.04. The van der Waals surface area contributed by atoms with Crippen LogP contribution in [0.25, 0.3) is 0 Å². The van der Waals surface area contributed by atoms with Crippen LogP contribution < -0.4 is 5.32 Å². The van der Waals surface area contributed by atoms with Gasteiger partial charge in [0.25, 0.3) is 0 Å². The van der Waals surface area contributed by atoms with Crippen LogP contribution in [0.4, 0.5) is 4.39 Å². The molecular weight excluding hydrogens is 303 g/mol. The smallest absolute Gasteiger partial charge is 0.123 e. The Kier molecular flexibility index (Phi) is 5.31. The van der Waals surface area contributed by atoms with E-state index in [1.54, 1.807) is 24.5 Å². The van der Waals surface area contributed by atoms with Gasteiger partial charge in [0.05, 0.1) is 12.1 Å². The largest absolute Gasteiger partial charge is 0.387 e. The molecule has 0 saturated heterocycles. The molecule has 3 nitrogen and oxygen atoms in total. The zero-order valence-corrected chi connectivity index (χ0v) is 13.1. The summed E-state index contributed by atoms with van der Waals surface area (Å²) in [5.41, 5.74) is 2.86. The number of aliphatic hydroxyl groups is 1. The summed E-state index contributed by atoms with van der Waals surface area (Å²) in [7, 11) is 0. The number of halogens is 1. The molecule has 2 aromatic carbocycles. The average molecular weight is 322 g/mol. The normalized spacial score (nSPS) is 13.4. The van der Waals surface area contributed by atoms with Crippen LogP contribution >= 0.6 is 0 Å². The second-order valence-corrected chi connectivity index (χ2v) is 5.60. The second-order valence-electron chi connectivity index (χ2n) is 5.60. The van der Waals surface area contributed by atoms with E-state index in [4.69, 9.17) is 0 Å². The number of aromatic nitrogens is 1. The molecular formula is C20H19FN2O. The number of nitrogens with one attached hydrogen (secondary N) is 1. The van der Waals surface area contributed by atoms with Crippen LogP contribution in [0.3, 0.4) is 0 Å². The number of benzene rings is 2. The van der Waals surface area contributed by atoms with Crippen LogP contribution in [0.15, 0.2) is 79.1 Å². The first kappa shape index (κ1) is 16.3. The van der Waals surface area contributed by atoms with E-state index in [1.165, 1.54) is 12.1 Å². The highest BCUT2D eigenvalue weighted by Gasteiger charge is 2.16. The van der Waals surface area contributed by atoms with Gasteiger partial charge in [0, 0.05) is 18.9 Å². The summed E-state index contributed by atoms with van der Waals surface area (Å²) in [6.45, 7) is 0.355. The Bertz CT molecular complexity index is 708. The van der Waals surface area contributed by atoms with Gasteiger partial charge in [0.2, 0.25) is 0 Å². The molecule has 0 spiro atoms. The zero-order chi connectivity index (χ0) is 16.8. The Morgan fingerprint density at radius 1 is 0.833 bits per heavy atom. The van der Waals surface area contributed by atoms with Gasteiger partial charge < -0.3 is 10.4 Å². The van der Waals surface area contributed by atoms with Crippen molar-refractivity contribution in [3.63, 3.8) is 0 Å². The van der Waals surface area contributed by atoms with Crippen molar-refractivity contribution in [2.75, 3.05) is 6.54 Å². The number of rotatable bonds is 6. The van der Waals surface area contributed by atoms with Crippen LogP contribution in [-0.2, 0) is 0 Å². The lowest BCUT2D eigenvalue weighted by atomic mass is 9.99. The predicted octanol–water partition coefficient (Wildman–Crippen LogP) is 3.63. The zero-order valence-electron chi connectivity index (χ0n) is 13.1. The number of aliphatic hydroxyl groups excluding tert-OH is 1. The molecule has 2 unspecified atom stereocenters. The van der Waals surface area contributed by atoms with Crippen molar-refractivity contribution < 1.29 is 9.50 Å². The van der Waals surface area contributed by atoms with Gasteiger partial charge in [-0.3, -0.25) is 4.98 Å². The van der Waals surface area contributed by atoms with Crippen molar-refractivity contribution in [1.29, 1.82) is 0 Å². The number of nitrogens with zero attached hydrogens (tertiary/aromatic N) is 1. The molecule has 0 aliphatic heterocycles. The summed E-state index contributed by atoms with van der Waals surface area (Å²) in [5.74, 6) is -0.308. The molecule has 3 rings (SSSR count). The Hall–Kier alpha value is -2.56. The van der Waals surface area contributed by atoms with Gasteiger partial charge in [-0.25, -0.2) is 4.39 Å². The average Bonchev–Trinajstić information content (AvgIpc) is 2.64. The lowest BCUT2D eigenvalue weighted by molar-refractivity contribution is 0.172. The number of hydrogen-bond donors (Lipinski definition) is 2. The minimum absolute atomic E-state index is 0.0516. The first-order valence-corrected chi connectivity index (χ1v) is 7.86. The first-order chi connectivity index (χ1) is 11.7. The third-order valence-electron chi connectivity index (χ3n) is 3.94. The van der Waals surface area contributed by atoms with E-state index >= 15 is 0 Å².